The molecule has 0 saturated carbocycles. The third-order valence-corrected chi connectivity index (χ3v) is 13.3. The van der Waals surface area contributed by atoms with Gasteiger partial charge in [0.1, 0.15) is 0 Å². The maximum Gasteiger partial charge on any atom is 0.164 e. The van der Waals surface area contributed by atoms with E-state index in [4.69, 9.17) is 15.0 Å². The van der Waals surface area contributed by atoms with E-state index < -0.39 is 0 Å². The second-order valence-corrected chi connectivity index (χ2v) is 17.1. The fraction of sp³-hybridized carbons (Fsp3) is 0.0339. The molecule has 0 spiro atoms. The van der Waals surface area contributed by atoms with Crippen molar-refractivity contribution in [3.8, 4) is 78.7 Å². The molecule has 0 fully saturated rings. The van der Waals surface area contributed by atoms with Crippen LogP contribution in [-0.4, -0.2) is 15.0 Å². The van der Waals surface area contributed by atoms with Gasteiger partial charge in [-0.25, -0.2) is 15.0 Å². The molecule has 0 saturated heterocycles. The minimum absolute atomic E-state index is 0.627. The lowest BCUT2D eigenvalue weighted by Gasteiger charge is -2.33. The summed E-state index contributed by atoms with van der Waals surface area (Å²) in [6.45, 7) is 4.56. The minimum Gasteiger partial charge on any atom is -0.308 e. The number of hydrogen-bond acceptors (Lipinski definition) is 5. The molecule has 5 heteroatoms. The first kappa shape index (κ1) is 39.0. The van der Waals surface area contributed by atoms with Crippen molar-refractivity contribution in [2.45, 2.75) is 23.6 Å². The van der Waals surface area contributed by atoms with E-state index >= 15 is 0 Å². The van der Waals surface area contributed by atoms with Crippen molar-refractivity contribution in [1.82, 2.24) is 15.0 Å². The Morgan fingerprint density at radius 2 is 0.594 bits per heavy atom. The van der Waals surface area contributed by atoms with Gasteiger partial charge >= 0.3 is 0 Å². The van der Waals surface area contributed by atoms with Gasteiger partial charge in [0.2, 0.25) is 0 Å². The summed E-state index contributed by atoms with van der Waals surface area (Å²) in [5, 5.41) is 0. The van der Waals surface area contributed by atoms with Crippen LogP contribution in [0.5, 0.6) is 0 Å². The molecule has 1 aliphatic heterocycles. The van der Waals surface area contributed by atoms with Gasteiger partial charge in [0.15, 0.2) is 17.5 Å². The van der Waals surface area contributed by atoms with Crippen LogP contribution in [0.15, 0.2) is 228 Å². The smallest absolute Gasteiger partial charge is 0.164 e. The van der Waals surface area contributed by atoms with Crippen LogP contribution in [0.2, 0.25) is 0 Å². The Morgan fingerprint density at radius 3 is 1.00 bits per heavy atom. The van der Waals surface area contributed by atoms with E-state index in [9.17, 15) is 0 Å². The number of aromatic nitrogens is 3. The van der Waals surface area contributed by atoms with Gasteiger partial charge < -0.3 is 4.90 Å². The number of rotatable bonds is 8. The molecule has 0 bridgehead atoms. The van der Waals surface area contributed by atoms with Crippen LogP contribution in [0.1, 0.15) is 11.1 Å². The standard InChI is InChI=1S/C59H42N4S/c1-39-40(2)54(42-21-9-4-10-22-42)56(44-35-37-48(38-36-44)63-49-27-15-17-29-51(49)64-52-30-18-16-28-50(52)63)55(53(39)41-19-7-3-8-20-41)43-31-33-47(34-32-43)59-61-57(45-23-11-5-12-24-45)60-58(62-59)46-25-13-6-14-26-46/h3-38H,1-2H3. The highest BCUT2D eigenvalue weighted by atomic mass is 32.2. The van der Waals surface area contributed by atoms with Gasteiger partial charge in [-0.1, -0.05) is 194 Å². The summed E-state index contributed by atoms with van der Waals surface area (Å²) in [4.78, 5) is 19.9. The van der Waals surface area contributed by atoms with Crippen molar-refractivity contribution >= 4 is 28.8 Å². The number of benzene rings is 9. The number of nitrogens with zero attached hydrogens (tertiary/aromatic N) is 4. The van der Waals surface area contributed by atoms with E-state index in [0.717, 1.165) is 33.5 Å². The number of anilines is 3. The number of para-hydroxylation sites is 2. The van der Waals surface area contributed by atoms with Gasteiger partial charge in [-0.15, -0.1) is 0 Å². The second-order valence-electron chi connectivity index (χ2n) is 16.0. The maximum absolute atomic E-state index is 5.06. The number of fused-ring (bicyclic) bond motifs is 2. The van der Waals surface area contributed by atoms with Crippen molar-refractivity contribution in [2.75, 3.05) is 4.90 Å². The summed E-state index contributed by atoms with van der Waals surface area (Å²) in [7, 11) is 0. The Morgan fingerprint density at radius 1 is 0.297 bits per heavy atom. The highest BCUT2D eigenvalue weighted by Gasteiger charge is 2.27. The monoisotopic (exact) mass is 838 g/mol. The van der Waals surface area contributed by atoms with E-state index in [0.29, 0.717) is 17.5 Å². The van der Waals surface area contributed by atoms with E-state index in [1.165, 1.54) is 65.7 Å². The summed E-state index contributed by atoms with van der Waals surface area (Å²) in [5.41, 5.74) is 18.2. The Hall–Kier alpha value is -7.86. The van der Waals surface area contributed by atoms with Crippen LogP contribution in [0, 0.1) is 13.8 Å². The topological polar surface area (TPSA) is 41.9 Å². The fourth-order valence-electron chi connectivity index (χ4n) is 8.99. The van der Waals surface area contributed by atoms with Crippen molar-refractivity contribution in [3.05, 3.63) is 230 Å². The lowest BCUT2D eigenvalue weighted by molar-refractivity contribution is 1.07. The maximum atomic E-state index is 5.06. The second kappa shape index (κ2) is 16.8. The molecular formula is C59H42N4S. The first-order valence-electron chi connectivity index (χ1n) is 21.6. The van der Waals surface area contributed by atoms with Crippen LogP contribution < -0.4 is 4.90 Å². The average molecular weight is 839 g/mol. The van der Waals surface area contributed by atoms with E-state index in [2.05, 4.69) is 176 Å². The lowest BCUT2D eigenvalue weighted by atomic mass is 9.78. The van der Waals surface area contributed by atoms with Crippen LogP contribution in [0.3, 0.4) is 0 Å². The Kier molecular flexibility index (Phi) is 10.2. The molecule has 0 aliphatic carbocycles. The van der Waals surface area contributed by atoms with Crippen LogP contribution >= 0.6 is 11.8 Å². The molecule has 4 nitrogen and oxygen atoms in total. The fourth-order valence-corrected chi connectivity index (χ4v) is 10.1. The summed E-state index contributed by atoms with van der Waals surface area (Å²) in [6.07, 6.45) is 0. The van der Waals surface area contributed by atoms with E-state index in [1.807, 2.05) is 72.4 Å². The van der Waals surface area contributed by atoms with Crippen LogP contribution in [0.25, 0.3) is 78.7 Å². The third-order valence-electron chi connectivity index (χ3n) is 12.2. The van der Waals surface area contributed by atoms with Gasteiger partial charge in [-0.2, -0.15) is 0 Å². The largest absolute Gasteiger partial charge is 0.308 e. The SMILES string of the molecule is Cc1c(C)c(-c2ccccc2)c(-c2ccc(N3c4ccccc4Sc4ccccc43)cc2)c(-c2ccc(-c3nc(-c4ccccc4)nc(-c4ccccc4)n3)cc2)c1-c1ccccc1. The Bertz CT molecular complexity index is 3180. The van der Waals surface area contributed by atoms with E-state index in [1.54, 1.807) is 0 Å². The molecule has 2 heterocycles. The molecule has 64 heavy (non-hydrogen) atoms. The Balaban J connectivity index is 1.11. The van der Waals surface area contributed by atoms with Crippen LogP contribution in [0.4, 0.5) is 17.1 Å². The zero-order chi connectivity index (χ0) is 43.0. The summed E-state index contributed by atoms with van der Waals surface area (Å²) in [6, 6.07) is 77.3. The first-order chi connectivity index (χ1) is 31.6. The molecule has 0 unspecified atom stereocenters. The van der Waals surface area contributed by atoms with Crippen molar-refractivity contribution in [2.24, 2.45) is 0 Å². The average Bonchev–Trinajstić information content (AvgIpc) is 3.37. The number of hydrogen-bond donors (Lipinski definition) is 0. The van der Waals surface area contributed by atoms with Gasteiger partial charge in [0, 0.05) is 32.2 Å². The van der Waals surface area contributed by atoms with Gasteiger partial charge in [-0.05, 0) is 106 Å². The third kappa shape index (κ3) is 7.16. The molecule has 304 valence electrons. The molecule has 1 aromatic heterocycles. The van der Waals surface area contributed by atoms with Gasteiger partial charge in [0.05, 0.1) is 11.4 Å². The molecule has 9 aromatic carbocycles. The molecular weight excluding hydrogens is 797 g/mol. The first-order valence-corrected chi connectivity index (χ1v) is 22.4. The lowest BCUT2D eigenvalue weighted by Crippen LogP contribution is -2.14. The molecule has 1 aliphatic rings. The highest BCUT2D eigenvalue weighted by molar-refractivity contribution is 7.99. The summed E-state index contributed by atoms with van der Waals surface area (Å²) >= 11 is 1.83. The van der Waals surface area contributed by atoms with E-state index in [-0.39, 0.29) is 0 Å². The van der Waals surface area contributed by atoms with Gasteiger partial charge in [-0.3, -0.25) is 0 Å². The predicted octanol–water partition coefficient (Wildman–Crippen LogP) is 16.1. The highest BCUT2D eigenvalue weighted by Crippen LogP contribution is 2.53. The quantitative estimate of drug-likeness (QED) is 0.152. The minimum atomic E-state index is 0.627. The predicted molar refractivity (Wildman–Crippen MR) is 266 cm³/mol. The molecule has 0 amide bonds. The zero-order valence-electron chi connectivity index (χ0n) is 35.5. The molecule has 0 radical (unpaired) electrons. The van der Waals surface area contributed by atoms with Gasteiger partial charge in [0.25, 0.3) is 0 Å². The van der Waals surface area contributed by atoms with Crippen molar-refractivity contribution in [1.29, 1.82) is 0 Å². The van der Waals surface area contributed by atoms with Crippen LogP contribution in [-0.2, 0) is 0 Å². The molecule has 11 rings (SSSR count). The zero-order valence-corrected chi connectivity index (χ0v) is 36.3. The normalized spacial score (nSPS) is 11.8. The van der Waals surface area contributed by atoms with Crippen molar-refractivity contribution in [3.63, 3.8) is 0 Å². The summed E-state index contributed by atoms with van der Waals surface area (Å²) < 4.78 is 0. The molecule has 10 aromatic rings. The summed E-state index contributed by atoms with van der Waals surface area (Å²) in [5.74, 6) is 1.91. The Labute approximate surface area is 378 Å². The molecule has 0 atom stereocenters. The van der Waals surface area contributed by atoms with Crippen molar-refractivity contribution < 1.29 is 0 Å². The molecule has 0 N–H and O–H groups in total.